The van der Waals surface area contributed by atoms with Crippen LogP contribution in [0.5, 0.6) is 0 Å². The summed E-state index contributed by atoms with van der Waals surface area (Å²) >= 11 is 0. The van der Waals surface area contributed by atoms with Crippen LogP contribution in [0.2, 0.25) is 0 Å². The molecular formula is C9H16O4. The zero-order valence-corrected chi connectivity index (χ0v) is 7.93. The van der Waals surface area contributed by atoms with E-state index in [1.807, 2.05) is 13.8 Å². The third-order valence-electron chi connectivity index (χ3n) is 1.77. The Morgan fingerprint density at radius 3 is 2.77 bits per heavy atom. The second-order valence-corrected chi connectivity index (χ2v) is 3.50. The van der Waals surface area contributed by atoms with Crippen LogP contribution in [0.1, 0.15) is 13.8 Å². The van der Waals surface area contributed by atoms with E-state index in [9.17, 15) is 0 Å². The van der Waals surface area contributed by atoms with Gasteiger partial charge in [-0.3, -0.25) is 0 Å². The van der Waals surface area contributed by atoms with Gasteiger partial charge in [0.05, 0.1) is 19.3 Å². The van der Waals surface area contributed by atoms with Crippen LogP contribution < -0.4 is 0 Å². The first kappa shape index (κ1) is 10.7. The molecule has 0 amide bonds. The molecule has 76 valence electrons. The fourth-order valence-electron chi connectivity index (χ4n) is 1.12. The zero-order chi connectivity index (χ0) is 9.90. The van der Waals surface area contributed by atoms with Crippen LogP contribution in [0.4, 0.5) is 0 Å². The minimum Gasteiger partial charge on any atom is -0.393 e. The van der Waals surface area contributed by atoms with Gasteiger partial charge in [-0.2, -0.15) is 0 Å². The predicted molar refractivity (Wildman–Crippen MR) is 47.1 cm³/mol. The van der Waals surface area contributed by atoms with E-state index in [0.29, 0.717) is 6.61 Å². The molecule has 0 aromatic carbocycles. The van der Waals surface area contributed by atoms with E-state index in [2.05, 4.69) is 0 Å². The highest BCUT2D eigenvalue weighted by atomic mass is 16.7. The Labute approximate surface area is 77.8 Å². The van der Waals surface area contributed by atoms with Gasteiger partial charge in [0.1, 0.15) is 6.10 Å². The first-order valence-corrected chi connectivity index (χ1v) is 4.32. The number of aliphatic hydroxyl groups excluding tert-OH is 2. The molecule has 1 aliphatic rings. The standard InChI is InChI=1S/C9H16O4/c1-9(2)12-6-8(13-9)4-3-7(11)5-10/h3-4,7-8,10-11H,5-6H2,1-2H3/b4-3+/t7-,8-/m0/s1. The van der Waals surface area contributed by atoms with Crippen molar-refractivity contribution < 1.29 is 19.7 Å². The molecule has 0 unspecified atom stereocenters. The summed E-state index contributed by atoms with van der Waals surface area (Å²) in [5, 5.41) is 17.6. The van der Waals surface area contributed by atoms with Gasteiger partial charge in [0.25, 0.3) is 0 Å². The van der Waals surface area contributed by atoms with Crippen LogP contribution in [0.15, 0.2) is 12.2 Å². The molecule has 0 bridgehead atoms. The summed E-state index contributed by atoms with van der Waals surface area (Å²) in [5.74, 6) is -0.542. The van der Waals surface area contributed by atoms with E-state index in [0.717, 1.165) is 0 Å². The Hall–Kier alpha value is -0.420. The molecule has 1 saturated heterocycles. The van der Waals surface area contributed by atoms with Gasteiger partial charge >= 0.3 is 0 Å². The molecule has 13 heavy (non-hydrogen) atoms. The Morgan fingerprint density at radius 2 is 2.31 bits per heavy atom. The summed E-state index contributed by atoms with van der Waals surface area (Å²) in [5.41, 5.74) is 0. The summed E-state index contributed by atoms with van der Waals surface area (Å²) in [6.07, 6.45) is 2.27. The van der Waals surface area contributed by atoms with Crippen molar-refractivity contribution >= 4 is 0 Å². The molecule has 1 heterocycles. The van der Waals surface area contributed by atoms with Gasteiger partial charge in [0.2, 0.25) is 0 Å². The van der Waals surface area contributed by atoms with E-state index in [-0.39, 0.29) is 12.7 Å². The molecule has 0 aliphatic carbocycles. The summed E-state index contributed by atoms with van der Waals surface area (Å²) in [6, 6.07) is 0. The molecule has 1 fully saturated rings. The molecule has 0 saturated carbocycles. The number of hydrogen-bond acceptors (Lipinski definition) is 4. The average Bonchev–Trinajstić information content (AvgIpc) is 2.41. The maximum Gasteiger partial charge on any atom is 0.163 e. The van der Waals surface area contributed by atoms with Crippen molar-refractivity contribution in [2.45, 2.75) is 31.8 Å². The van der Waals surface area contributed by atoms with Crippen LogP contribution in [0.3, 0.4) is 0 Å². The molecule has 1 aliphatic heterocycles. The molecule has 4 heteroatoms. The lowest BCUT2D eigenvalue weighted by molar-refractivity contribution is -0.133. The highest BCUT2D eigenvalue weighted by Gasteiger charge is 2.30. The fourth-order valence-corrected chi connectivity index (χ4v) is 1.12. The molecule has 2 atom stereocenters. The summed E-state index contributed by atoms with van der Waals surface area (Å²) in [7, 11) is 0. The molecular weight excluding hydrogens is 172 g/mol. The molecule has 0 aromatic rings. The van der Waals surface area contributed by atoms with Gasteiger partial charge < -0.3 is 19.7 Å². The smallest absolute Gasteiger partial charge is 0.163 e. The van der Waals surface area contributed by atoms with Crippen LogP contribution in [-0.2, 0) is 9.47 Å². The maximum absolute atomic E-state index is 9.02. The van der Waals surface area contributed by atoms with Crippen molar-refractivity contribution in [2.24, 2.45) is 0 Å². The summed E-state index contributed by atoms with van der Waals surface area (Å²) in [6.45, 7) is 3.89. The molecule has 2 N–H and O–H groups in total. The average molecular weight is 188 g/mol. The van der Waals surface area contributed by atoms with Gasteiger partial charge in [-0.25, -0.2) is 0 Å². The Bertz CT molecular complexity index is 188. The number of aliphatic hydroxyl groups is 2. The van der Waals surface area contributed by atoms with Crippen LogP contribution in [-0.4, -0.2) is 41.4 Å². The molecule has 0 aromatic heterocycles. The molecule has 0 radical (unpaired) electrons. The largest absolute Gasteiger partial charge is 0.393 e. The minimum atomic E-state index is -0.813. The first-order valence-electron chi connectivity index (χ1n) is 4.32. The lowest BCUT2D eigenvalue weighted by Gasteiger charge is -2.15. The highest BCUT2D eigenvalue weighted by molar-refractivity contribution is 4.96. The zero-order valence-electron chi connectivity index (χ0n) is 7.93. The van der Waals surface area contributed by atoms with E-state index < -0.39 is 11.9 Å². The van der Waals surface area contributed by atoms with Gasteiger partial charge in [0.15, 0.2) is 5.79 Å². The molecule has 0 spiro atoms. The Balaban J connectivity index is 2.36. The summed E-state index contributed by atoms with van der Waals surface area (Å²) < 4.78 is 10.7. The monoisotopic (exact) mass is 188 g/mol. The summed E-state index contributed by atoms with van der Waals surface area (Å²) in [4.78, 5) is 0. The van der Waals surface area contributed by atoms with Crippen LogP contribution in [0.25, 0.3) is 0 Å². The van der Waals surface area contributed by atoms with Gasteiger partial charge in [-0.15, -0.1) is 0 Å². The number of rotatable bonds is 3. The molecule has 4 nitrogen and oxygen atoms in total. The van der Waals surface area contributed by atoms with Crippen LogP contribution >= 0.6 is 0 Å². The topological polar surface area (TPSA) is 58.9 Å². The third-order valence-corrected chi connectivity index (χ3v) is 1.77. The van der Waals surface area contributed by atoms with Crippen molar-refractivity contribution in [3.63, 3.8) is 0 Å². The van der Waals surface area contributed by atoms with E-state index >= 15 is 0 Å². The fraction of sp³-hybridized carbons (Fsp3) is 0.778. The number of ether oxygens (including phenoxy) is 2. The van der Waals surface area contributed by atoms with E-state index in [1.54, 1.807) is 6.08 Å². The van der Waals surface area contributed by atoms with Crippen molar-refractivity contribution in [2.75, 3.05) is 13.2 Å². The third kappa shape index (κ3) is 3.44. The maximum atomic E-state index is 9.02. The van der Waals surface area contributed by atoms with Gasteiger partial charge in [-0.1, -0.05) is 12.2 Å². The van der Waals surface area contributed by atoms with Crippen molar-refractivity contribution in [3.05, 3.63) is 12.2 Å². The van der Waals surface area contributed by atoms with Gasteiger partial charge in [-0.05, 0) is 13.8 Å². The SMILES string of the molecule is CC1(C)OC[C@H](/C=C/[C@H](O)CO)O1. The predicted octanol–water partition coefficient (Wildman–Crippen LogP) is 0.0473. The number of hydrogen-bond donors (Lipinski definition) is 2. The highest BCUT2D eigenvalue weighted by Crippen LogP contribution is 2.22. The van der Waals surface area contributed by atoms with Crippen molar-refractivity contribution in [1.82, 2.24) is 0 Å². The Morgan fingerprint density at radius 1 is 1.62 bits per heavy atom. The molecule has 1 rings (SSSR count). The Kier molecular flexibility index (Phi) is 3.44. The first-order chi connectivity index (χ1) is 6.03. The normalized spacial score (nSPS) is 29.7. The quantitative estimate of drug-likeness (QED) is 0.614. The van der Waals surface area contributed by atoms with Gasteiger partial charge in [0, 0.05) is 0 Å². The lowest BCUT2D eigenvalue weighted by atomic mass is 10.3. The van der Waals surface area contributed by atoms with Crippen LogP contribution in [0, 0.1) is 0 Å². The van der Waals surface area contributed by atoms with Crippen molar-refractivity contribution in [1.29, 1.82) is 0 Å². The lowest BCUT2D eigenvalue weighted by Crippen LogP contribution is -2.21. The van der Waals surface area contributed by atoms with Crippen molar-refractivity contribution in [3.8, 4) is 0 Å². The second kappa shape index (κ2) is 4.19. The minimum absolute atomic E-state index is 0.129. The van der Waals surface area contributed by atoms with E-state index in [4.69, 9.17) is 19.7 Å². The van der Waals surface area contributed by atoms with E-state index in [1.165, 1.54) is 6.08 Å². The second-order valence-electron chi connectivity index (χ2n) is 3.50.